The van der Waals surface area contributed by atoms with Gasteiger partial charge in [-0.15, -0.1) is 12.3 Å². The first-order chi connectivity index (χ1) is 6.50. The van der Waals surface area contributed by atoms with Crippen molar-refractivity contribution in [2.24, 2.45) is 0 Å². The van der Waals surface area contributed by atoms with Crippen molar-refractivity contribution in [1.82, 2.24) is 0 Å². The molecule has 0 fully saturated rings. The third-order valence-electron chi connectivity index (χ3n) is 1.85. The standard InChI is InChI=1S/C10H6Cl2F2/c1-3-4-6-9(13)7(11)5(2)8(12)10(6)14/h1H,4H2,2H3. The number of benzene rings is 1. The van der Waals surface area contributed by atoms with Crippen LogP contribution in [-0.4, -0.2) is 0 Å². The van der Waals surface area contributed by atoms with Crippen LogP contribution in [0, 0.1) is 30.9 Å². The number of halogens is 4. The van der Waals surface area contributed by atoms with Crippen LogP contribution in [-0.2, 0) is 6.42 Å². The molecule has 74 valence electrons. The zero-order valence-electron chi connectivity index (χ0n) is 7.30. The summed E-state index contributed by atoms with van der Waals surface area (Å²) in [4.78, 5) is 0. The van der Waals surface area contributed by atoms with E-state index in [2.05, 4.69) is 5.92 Å². The zero-order chi connectivity index (χ0) is 10.9. The largest absolute Gasteiger partial charge is 0.205 e. The molecule has 0 aromatic heterocycles. The molecular weight excluding hydrogens is 229 g/mol. The number of hydrogen-bond donors (Lipinski definition) is 0. The van der Waals surface area contributed by atoms with Crippen LogP contribution in [0.2, 0.25) is 10.0 Å². The van der Waals surface area contributed by atoms with Gasteiger partial charge >= 0.3 is 0 Å². The Morgan fingerprint density at radius 3 is 2.00 bits per heavy atom. The van der Waals surface area contributed by atoms with E-state index in [0.29, 0.717) is 0 Å². The maximum atomic E-state index is 13.4. The molecule has 0 unspecified atom stereocenters. The fourth-order valence-electron chi connectivity index (χ4n) is 1.04. The highest BCUT2D eigenvalue weighted by atomic mass is 35.5. The van der Waals surface area contributed by atoms with Crippen molar-refractivity contribution in [3.8, 4) is 12.3 Å². The molecule has 0 bridgehead atoms. The summed E-state index contributed by atoms with van der Waals surface area (Å²) in [6, 6.07) is 0. The van der Waals surface area contributed by atoms with Gasteiger partial charge in [-0.05, 0) is 12.5 Å². The Bertz CT molecular complexity index is 390. The molecule has 1 rings (SSSR count). The summed E-state index contributed by atoms with van der Waals surface area (Å²) in [7, 11) is 0. The first kappa shape index (κ1) is 11.3. The number of rotatable bonds is 1. The molecule has 0 aliphatic heterocycles. The minimum absolute atomic E-state index is 0.169. The van der Waals surface area contributed by atoms with E-state index in [1.807, 2.05) is 0 Å². The van der Waals surface area contributed by atoms with Crippen LogP contribution in [0.3, 0.4) is 0 Å². The molecule has 0 spiro atoms. The average Bonchev–Trinajstić information content (AvgIpc) is 2.19. The zero-order valence-corrected chi connectivity index (χ0v) is 8.81. The number of hydrogen-bond acceptors (Lipinski definition) is 0. The van der Waals surface area contributed by atoms with E-state index in [-0.39, 0.29) is 27.6 Å². The highest BCUT2D eigenvalue weighted by molar-refractivity contribution is 6.36. The van der Waals surface area contributed by atoms with Crippen molar-refractivity contribution in [2.75, 3.05) is 0 Å². The van der Waals surface area contributed by atoms with Crippen molar-refractivity contribution in [3.05, 3.63) is 32.8 Å². The van der Waals surface area contributed by atoms with E-state index < -0.39 is 11.6 Å². The maximum Gasteiger partial charge on any atom is 0.149 e. The molecule has 0 heterocycles. The molecule has 0 N–H and O–H groups in total. The Morgan fingerprint density at radius 1 is 1.21 bits per heavy atom. The SMILES string of the molecule is C#CCc1c(F)c(Cl)c(C)c(Cl)c1F. The van der Waals surface area contributed by atoms with Gasteiger partial charge in [-0.2, -0.15) is 0 Å². The molecule has 4 heteroatoms. The van der Waals surface area contributed by atoms with Crippen LogP contribution in [0.4, 0.5) is 8.78 Å². The highest BCUT2D eigenvalue weighted by Gasteiger charge is 2.19. The third kappa shape index (κ3) is 1.70. The fourth-order valence-corrected chi connectivity index (χ4v) is 1.51. The molecule has 14 heavy (non-hydrogen) atoms. The summed E-state index contributed by atoms with van der Waals surface area (Å²) in [5.41, 5.74) is -0.0720. The second-order valence-corrected chi connectivity index (χ2v) is 3.50. The Kier molecular flexibility index (Phi) is 3.36. The monoisotopic (exact) mass is 234 g/mol. The smallest absolute Gasteiger partial charge is 0.149 e. The maximum absolute atomic E-state index is 13.4. The Morgan fingerprint density at radius 2 is 1.64 bits per heavy atom. The van der Waals surface area contributed by atoms with Gasteiger partial charge in [0.05, 0.1) is 10.0 Å². The molecule has 0 aliphatic carbocycles. The van der Waals surface area contributed by atoms with Crippen LogP contribution < -0.4 is 0 Å². The topological polar surface area (TPSA) is 0 Å². The van der Waals surface area contributed by atoms with Gasteiger partial charge in [0.25, 0.3) is 0 Å². The van der Waals surface area contributed by atoms with Crippen LogP contribution >= 0.6 is 23.2 Å². The van der Waals surface area contributed by atoms with Gasteiger partial charge < -0.3 is 0 Å². The van der Waals surface area contributed by atoms with Gasteiger partial charge in [-0.25, -0.2) is 8.78 Å². The summed E-state index contributed by atoms with van der Waals surface area (Å²) in [6.45, 7) is 1.44. The van der Waals surface area contributed by atoms with E-state index in [1.165, 1.54) is 6.92 Å². The molecule has 1 aromatic rings. The highest BCUT2D eigenvalue weighted by Crippen LogP contribution is 2.32. The molecular formula is C10H6Cl2F2. The normalized spacial score (nSPS) is 10.0. The summed E-state index contributed by atoms with van der Waals surface area (Å²) < 4.78 is 26.7. The van der Waals surface area contributed by atoms with E-state index >= 15 is 0 Å². The van der Waals surface area contributed by atoms with E-state index in [9.17, 15) is 8.78 Å². The minimum atomic E-state index is -0.830. The van der Waals surface area contributed by atoms with Crippen molar-refractivity contribution >= 4 is 23.2 Å². The van der Waals surface area contributed by atoms with Crippen LogP contribution in [0.25, 0.3) is 0 Å². The Balaban J connectivity index is 3.53. The van der Waals surface area contributed by atoms with Crippen molar-refractivity contribution in [1.29, 1.82) is 0 Å². The molecule has 0 radical (unpaired) electrons. The lowest BCUT2D eigenvalue weighted by atomic mass is 10.1. The van der Waals surface area contributed by atoms with Gasteiger partial charge in [-0.1, -0.05) is 23.2 Å². The summed E-state index contributed by atoms with van der Waals surface area (Å²) in [6.07, 6.45) is 4.80. The van der Waals surface area contributed by atoms with E-state index in [0.717, 1.165) is 0 Å². The summed E-state index contributed by atoms with van der Waals surface area (Å²) in [5, 5.41) is -0.358. The van der Waals surface area contributed by atoms with Crippen LogP contribution in [0.15, 0.2) is 0 Å². The fraction of sp³-hybridized carbons (Fsp3) is 0.200. The molecule has 0 saturated heterocycles. The molecule has 0 amide bonds. The van der Waals surface area contributed by atoms with E-state index in [1.54, 1.807) is 0 Å². The van der Waals surface area contributed by atoms with Crippen LogP contribution in [0.1, 0.15) is 11.1 Å². The lowest BCUT2D eigenvalue weighted by Gasteiger charge is -2.08. The summed E-state index contributed by atoms with van der Waals surface area (Å²) >= 11 is 11.2. The van der Waals surface area contributed by atoms with Gasteiger partial charge in [-0.3, -0.25) is 0 Å². The Labute approximate surface area is 90.8 Å². The van der Waals surface area contributed by atoms with Gasteiger partial charge in [0.2, 0.25) is 0 Å². The van der Waals surface area contributed by atoms with Gasteiger partial charge in [0, 0.05) is 12.0 Å². The lowest BCUT2D eigenvalue weighted by Crippen LogP contribution is -1.99. The second kappa shape index (κ2) is 4.16. The number of terminal acetylenes is 1. The first-order valence-electron chi connectivity index (χ1n) is 3.75. The van der Waals surface area contributed by atoms with Crippen molar-refractivity contribution < 1.29 is 8.78 Å². The predicted octanol–water partition coefficient (Wildman–Crippen LogP) is 3.76. The van der Waals surface area contributed by atoms with Gasteiger partial charge in [0.1, 0.15) is 11.6 Å². The lowest BCUT2D eigenvalue weighted by molar-refractivity contribution is 0.562. The first-order valence-corrected chi connectivity index (χ1v) is 4.51. The molecule has 1 aromatic carbocycles. The molecule has 0 aliphatic rings. The average molecular weight is 235 g/mol. The predicted molar refractivity (Wildman–Crippen MR) is 53.7 cm³/mol. The van der Waals surface area contributed by atoms with Crippen molar-refractivity contribution in [2.45, 2.75) is 13.3 Å². The Hall–Kier alpha value is -0.780. The van der Waals surface area contributed by atoms with Crippen LogP contribution in [0.5, 0.6) is 0 Å². The second-order valence-electron chi connectivity index (χ2n) is 2.74. The quantitative estimate of drug-likeness (QED) is 0.513. The van der Waals surface area contributed by atoms with E-state index in [4.69, 9.17) is 29.6 Å². The molecule has 0 atom stereocenters. The molecule has 0 saturated carbocycles. The van der Waals surface area contributed by atoms with Crippen molar-refractivity contribution in [3.63, 3.8) is 0 Å². The minimum Gasteiger partial charge on any atom is -0.205 e. The molecule has 0 nitrogen and oxygen atoms in total. The summed E-state index contributed by atoms with van der Waals surface area (Å²) in [5.74, 6) is 0.483. The third-order valence-corrected chi connectivity index (χ3v) is 2.75. The van der Waals surface area contributed by atoms with Gasteiger partial charge in [0.15, 0.2) is 0 Å².